The largest absolute Gasteiger partial charge is 0.330 e. The van der Waals surface area contributed by atoms with Gasteiger partial charge in [-0.2, -0.15) is 0 Å². The normalized spacial score (nSPS) is 10.9. The lowest BCUT2D eigenvalue weighted by Crippen LogP contribution is -2.32. The smallest absolute Gasteiger partial charge is 0.000449 e. The van der Waals surface area contributed by atoms with Gasteiger partial charge in [0.1, 0.15) is 0 Å². The van der Waals surface area contributed by atoms with Gasteiger partial charge in [-0.3, -0.25) is 11.7 Å². The molecule has 6 N–H and O–H groups in total. The van der Waals surface area contributed by atoms with Crippen LogP contribution in [0.4, 0.5) is 0 Å². The van der Waals surface area contributed by atoms with E-state index in [1.807, 2.05) is 0 Å². The van der Waals surface area contributed by atoms with Gasteiger partial charge in [-0.05, 0) is 37.8 Å². The third kappa shape index (κ3) is 15.8. The highest BCUT2D eigenvalue weighted by Gasteiger charge is 2.08. The molecule has 0 heterocycles. The lowest BCUT2D eigenvalue weighted by Gasteiger charge is -2.26. The third-order valence-corrected chi connectivity index (χ3v) is 2.43. The Morgan fingerprint density at radius 3 is 1.65 bits per heavy atom. The summed E-state index contributed by atoms with van der Waals surface area (Å²) >= 11 is 0. The number of hydrogen-bond acceptors (Lipinski definition) is 4. The van der Waals surface area contributed by atoms with Crippen molar-refractivity contribution in [3.63, 3.8) is 0 Å². The van der Waals surface area contributed by atoms with Gasteiger partial charge in [-0.1, -0.05) is 34.1 Å². The van der Waals surface area contributed by atoms with Gasteiger partial charge in [0.15, 0.2) is 0 Å². The summed E-state index contributed by atoms with van der Waals surface area (Å²) in [6, 6.07) is 0. The van der Waals surface area contributed by atoms with Crippen LogP contribution in [0, 0.1) is 11.8 Å². The van der Waals surface area contributed by atoms with E-state index in [2.05, 4.69) is 44.3 Å². The van der Waals surface area contributed by atoms with Crippen molar-refractivity contribution in [1.82, 2.24) is 4.90 Å². The van der Waals surface area contributed by atoms with E-state index in [1.165, 1.54) is 38.9 Å². The SMILES string of the molecule is CC(C)CN(CCCCCN)CC(C)C.NN. The van der Waals surface area contributed by atoms with Crippen molar-refractivity contribution in [1.29, 1.82) is 0 Å². The van der Waals surface area contributed by atoms with Crippen molar-refractivity contribution >= 4 is 0 Å². The summed E-state index contributed by atoms with van der Waals surface area (Å²) in [7, 11) is 0. The zero-order valence-electron chi connectivity index (χ0n) is 12.3. The predicted octanol–water partition coefficient (Wildman–Crippen LogP) is 1.55. The molecular weight excluding hydrogens is 212 g/mol. The van der Waals surface area contributed by atoms with Crippen LogP contribution in [-0.2, 0) is 0 Å². The Kier molecular flexibility index (Phi) is 15.7. The summed E-state index contributed by atoms with van der Waals surface area (Å²) in [5.74, 6) is 9.55. The lowest BCUT2D eigenvalue weighted by atomic mass is 10.1. The van der Waals surface area contributed by atoms with Crippen molar-refractivity contribution in [2.24, 2.45) is 29.3 Å². The molecule has 0 spiro atoms. The summed E-state index contributed by atoms with van der Waals surface area (Å²) in [4.78, 5) is 2.60. The molecule has 0 aromatic carbocycles. The Hall–Kier alpha value is -0.160. The summed E-state index contributed by atoms with van der Waals surface area (Å²) in [6.45, 7) is 13.8. The highest BCUT2D eigenvalue weighted by Crippen LogP contribution is 2.06. The summed E-state index contributed by atoms with van der Waals surface area (Å²) < 4.78 is 0. The molecule has 0 saturated heterocycles. The van der Waals surface area contributed by atoms with Crippen molar-refractivity contribution in [2.45, 2.75) is 47.0 Å². The third-order valence-electron chi connectivity index (χ3n) is 2.43. The second-order valence-corrected chi connectivity index (χ2v) is 5.40. The minimum Gasteiger partial charge on any atom is -0.330 e. The lowest BCUT2D eigenvalue weighted by molar-refractivity contribution is 0.215. The van der Waals surface area contributed by atoms with Crippen LogP contribution in [0.25, 0.3) is 0 Å². The van der Waals surface area contributed by atoms with E-state index in [4.69, 9.17) is 5.73 Å². The number of rotatable bonds is 9. The molecule has 0 bridgehead atoms. The molecule has 0 saturated carbocycles. The first kappa shape index (κ1) is 19.2. The molecule has 0 aliphatic carbocycles. The fourth-order valence-corrected chi connectivity index (χ4v) is 1.95. The minimum absolute atomic E-state index is 0.776. The first-order valence-corrected chi connectivity index (χ1v) is 6.82. The van der Waals surface area contributed by atoms with Crippen molar-refractivity contribution < 1.29 is 0 Å². The molecule has 0 aliphatic heterocycles. The summed E-state index contributed by atoms with van der Waals surface area (Å²) in [5, 5.41) is 0. The van der Waals surface area contributed by atoms with Gasteiger partial charge in [-0.25, -0.2) is 0 Å². The van der Waals surface area contributed by atoms with Gasteiger partial charge in [0.25, 0.3) is 0 Å². The van der Waals surface area contributed by atoms with Crippen LogP contribution in [-0.4, -0.2) is 31.1 Å². The molecule has 106 valence electrons. The molecule has 4 heteroatoms. The monoisotopic (exact) mass is 246 g/mol. The van der Waals surface area contributed by atoms with Crippen LogP contribution in [0.15, 0.2) is 0 Å². The van der Waals surface area contributed by atoms with Crippen LogP contribution in [0.5, 0.6) is 0 Å². The van der Waals surface area contributed by atoms with Crippen LogP contribution >= 0.6 is 0 Å². The highest BCUT2D eigenvalue weighted by molar-refractivity contribution is 4.62. The van der Waals surface area contributed by atoms with E-state index < -0.39 is 0 Å². The molecule has 0 atom stereocenters. The molecule has 17 heavy (non-hydrogen) atoms. The molecule has 4 nitrogen and oxygen atoms in total. The van der Waals surface area contributed by atoms with Gasteiger partial charge in [0.05, 0.1) is 0 Å². The molecule has 0 radical (unpaired) electrons. The average molecular weight is 246 g/mol. The van der Waals surface area contributed by atoms with Crippen LogP contribution in [0.2, 0.25) is 0 Å². The Labute approximate surface area is 108 Å². The standard InChI is InChI=1S/C13H30N2.H4N2/c1-12(2)10-15(11-13(3)4)9-7-5-6-8-14;1-2/h12-13H,5-11,14H2,1-4H3;1-2H2. The molecule has 0 fully saturated rings. The Morgan fingerprint density at radius 2 is 1.29 bits per heavy atom. The highest BCUT2D eigenvalue weighted by atomic mass is 15.1. The van der Waals surface area contributed by atoms with Crippen LogP contribution in [0.3, 0.4) is 0 Å². The molecule has 0 amide bonds. The van der Waals surface area contributed by atoms with Crippen molar-refractivity contribution in [3.05, 3.63) is 0 Å². The molecular formula is C13H34N4. The van der Waals surface area contributed by atoms with Gasteiger partial charge in [0, 0.05) is 13.1 Å². The number of hydrazine groups is 1. The van der Waals surface area contributed by atoms with Crippen molar-refractivity contribution in [2.75, 3.05) is 26.2 Å². The molecule has 0 aromatic heterocycles. The van der Waals surface area contributed by atoms with E-state index in [-0.39, 0.29) is 0 Å². The summed E-state index contributed by atoms with van der Waals surface area (Å²) in [5.41, 5.74) is 5.49. The number of nitrogens with zero attached hydrogens (tertiary/aromatic N) is 1. The maximum Gasteiger partial charge on any atom is 0.000449 e. The zero-order valence-corrected chi connectivity index (χ0v) is 12.3. The fourth-order valence-electron chi connectivity index (χ4n) is 1.95. The maximum atomic E-state index is 5.49. The van der Waals surface area contributed by atoms with Crippen LogP contribution < -0.4 is 17.4 Å². The quantitative estimate of drug-likeness (QED) is 0.327. The van der Waals surface area contributed by atoms with Crippen LogP contribution in [0.1, 0.15) is 47.0 Å². The van der Waals surface area contributed by atoms with E-state index in [1.54, 1.807) is 0 Å². The number of nitrogens with two attached hydrogens (primary N) is 3. The Balaban J connectivity index is 0. The fraction of sp³-hybridized carbons (Fsp3) is 1.00. The molecule has 0 unspecified atom stereocenters. The second-order valence-electron chi connectivity index (χ2n) is 5.40. The molecule has 0 rings (SSSR count). The number of hydrogen-bond donors (Lipinski definition) is 3. The van der Waals surface area contributed by atoms with Gasteiger partial charge in [0.2, 0.25) is 0 Å². The Morgan fingerprint density at radius 1 is 0.824 bits per heavy atom. The van der Waals surface area contributed by atoms with E-state index in [0.29, 0.717) is 0 Å². The molecule has 0 aliphatic rings. The average Bonchev–Trinajstić information content (AvgIpc) is 2.25. The zero-order chi connectivity index (χ0) is 13.7. The van der Waals surface area contributed by atoms with Gasteiger partial charge < -0.3 is 10.6 Å². The van der Waals surface area contributed by atoms with Crippen molar-refractivity contribution in [3.8, 4) is 0 Å². The first-order chi connectivity index (χ1) is 8.06. The van der Waals surface area contributed by atoms with E-state index in [9.17, 15) is 0 Å². The second kappa shape index (κ2) is 13.9. The summed E-state index contributed by atoms with van der Waals surface area (Å²) in [6.07, 6.45) is 3.76. The first-order valence-electron chi connectivity index (χ1n) is 6.82. The van der Waals surface area contributed by atoms with Gasteiger partial charge >= 0.3 is 0 Å². The Bertz CT molecular complexity index is 127. The molecule has 0 aromatic rings. The van der Waals surface area contributed by atoms with E-state index in [0.717, 1.165) is 18.4 Å². The van der Waals surface area contributed by atoms with Gasteiger partial charge in [-0.15, -0.1) is 0 Å². The number of unbranched alkanes of at least 4 members (excludes halogenated alkanes) is 2. The maximum absolute atomic E-state index is 5.49. The predicted molar refractivity (Wildman–Crippen MR) is 77.4 cm³/mol. The van der Waals surface area contributed by atoms with E-state index >= 15 is 0 Å². The topological polar surface area (TPSA) is 81.3 Å². The minimum atomic E-state index is 0.776.